The first-order chi connectivity index (χ1) is 12.7. The van der Waals surface area contributed by atoms with E-state index in [0.717, 1.165) is 18.6 Å². The molecule has 1 amide bonds. The number of rotatable bonds is 8. The van der Waals surface area contributed by atoms with Gasteiger partial charge < -0.3 is 5.32 Å². The van der Waals surface area contributed by atoms with Crippen molar-refractivity contribution in [1.82, 2.24) is 14.3 Å². The van der Waals surface area contributed by atoms with Crippen LogP contribution in [0.15, 0.2) is 23.1 Å². The number of carbonyl (C=O) groups excluding carboxylic acids is 1. The van der Waals surface area contributed by atoms with Crippen molar-refractivity contribution in [2.24, 2.45) is 0 Å². The van der Waals surface area contributed by atoms with Gasteiger partial charge in [0.25, 0.3) is 5.91 Å². The number of amides is 1. The minimum atomic E-state index is -4.01. The number of hydrogen-bond acceptors (Lipinski definition) is 5. The molecule has 1 heterocycles. The zero-order chi connectivity index (χ0) is 20.1. The molecule has 0 aliphatic carbocycles. The van der Waals surface area contributed by atoms with E-state index in [9.17, 15) is 26.0 Å². The Kier molecular flexibility index (Phi) is 7.32. The smallest absolute Gasteiger partial charge is 0.251 e. The molecule has 2 rings (SSSR count). The van der Waals surface area contributed by atoms with Crippen LogP contribution in [0.25, 0.3) is 0 Å². The lowest BCUT2D eigenvalue weighted by molar-refractivity contribution is 0.0954. The monoisotopic (exact) mass is 421 g/mol. The molecule has 27 heavy (non-hydrogen) atoms. The normalized spacial score (nSPS) is 16.2. The highest BCUT2D eigenvalue weighted by atomic mass is 32.2. The van der Waals surface area contributed by atoms with Gasteiger partial charge >= 0.3 is 0 Å². The molecule has 0 radical (unpaired) electrons. The van der Waals surface area contributed by atoms with Crippen molar-refractivity contribution in [2.45, 2.75) is 31.1 Å². The summed E-state index contributed by atoms with van der Waals surface area (Å²) < 4.78 is 65.6. The van der Waals surface area contributed by atoms with Gasteiger partial charge in [0.1, 0.15) is 10.7 Å². The van der Waals surface area contributed by atoms with Crippen molar-refractivity contribution in [1.29, 1.82) is 0 Å². The minimum absolute atomic E-state index is 0.00203. The SMILES string of the molecule is CCS(=O)(=O)NCCNC(=O)c1ccc(F)c(S(=O)(=O)N2CCCCC2)c1. The number of nitrogens with zero attached hydrogens (tertiary/aromatic N) is 1. The highest BCUT2D eigenvalue weighted by Crippen LogP contribution is 2.23. The van der Waals surface area contributed by atoms with E-state index in [0.29, 0.717) is 25.9 Å². The molecule has 0 saturated carbocycles. The number of benzene rings is 1. The summed E-state index contributed by atoms with van der Waals surface area (Å²) in [5.74, 6) is -1.59. The quantitative estimate of drug-likeness (QED) is 0.599. The standard InChI is InChI=1S/C16H24FN3O5S2/c1-2-26(22,23)19-9-8-18-16(21)13-6-7-14(17)15(12-13)27(24,25)20-10-4-3-5-11-20/h6-7,12,19H,2-5,8-11H2,1H3,(H,18,21). The molecule has 0 unspecified atom stereocenters. The van der Waals surface area contributed by atoms with Gasteiger partial charge in [0, 0.05) is 31.7 Å². The van der Waals surface area contributed by atoms with E-state index < -0.39 is 36.7 Å². The Hall–Kier alpha value is -1.56. The van der Waals surface area contributed by atoms with E-state index in [4.69, 9.17) is 0 Å². The minimum Gasteiger partial charge on any atom is -0.351 e. The molecule has 1 fully saturated rings. The first kappa shape index (κ1) is 21.7. The molecular weight excluding hydrogens is 397 g/mol. The van der Waals surface area contributed by atoms with Crippen LogP contribution in [-0.2, 0) is 20.0 Å². The summed E-state index contributed by atoms with van der Waals surface area (Å²) in [6, 6.07) is 3.16. The van der Waals surface area contributed by atoms with Gasteiger partial charge in [-0.3, -0.25) is 4.79 Å². The second kappa shape index (κ2) is 9.09. The van der Waals surface area contributed by atoms with Crippen molar-refractivity contribution in [3.63, 3.8) is 0 Å². The number of halogens is 1. The van der Waals surface area contributed by atoms with Crippen molar-refractivity contribution in [3.8, 4) is 0 Å². The molecule has 152 valence electrons. The lowest BCUT2D eigenvalue weighted by Gasteiger charge is -2.26. The third-order valence-electron chi connectivity index (χ3n) is 4.24. The Morgan fingerprint density at radius 1 is 1.11 bits per heavy atom. The summed E-state index contributed by atoms with van der Waals surface area (Å²) >= 11 is 0. The van der Waals surface area contributed by atoms with Crippen LogP contribution >= 0.6 is 0 Å². The second-order valence-electron chi connectivity index (χ2n) is 6.16. The van der Waals surface area contributed by atoms with Gasteiger partial charge in [0.2, 0.25) is 20.0 Å². The summed E-state index contributed by atoms with van der Waals surface area (Å²) in [5, 5.41) is 2.48. The molecule has 1 aliphatic heterocycles. The fraction of sp³-hybridized carbons (Fsp3) is 0.562. The molecule has 2 N–H and O–H groups in total. The van der Waals surface area contributed by atoms with Crippen LogP contribution in [0, 0.1) is 5.82 Å². The van der Waals surface area contributed by atoms with E-state index in [1.54, 1.807) is 0 Å². The molecule has 8 nitrogen and oxygen atoms in total. The zero-order valence-corrected chi connectivity index (χ0v) is 16.7. The summed E-state index contributed by atoms with van der Waals surface area (Å²) in [6.45, 7) is 2.17. The Bertz CT molecular complexity index is 881. The van der Waals surface area contributed by atoms with E-state index in [2.05, 4.69) is 10.0 Å². The molecule has 1 aliphatic rings. The summed E-state index contributed by atoms with van der Waals surface area (Å²) in [5.41, 5.74) is -0.00895. The first-order valence-electron chi connectivity index (χ1n) is 8.72. The van der Waals surface area contributed by atoms with Gasteiger partial charge in [-0.2, -0.15) is 4.31 Å². The lowest BCUT2D eigenvalue weighted by Crippen LogP contribution is -2.37. The maximum absolute atomic E-state index is 14.1. The number of carbonyl (C=O) groups is 1. The maximum Gasteiger partial charge on any atom is 0.251 e. The Balaban J connectivity index is 2.08. The van der Waals surface area contributed by atoms with Crippen molar-refractivity contribution < 1.29 is 26.0 Å². The lowest BCUT2D eigenvalue weighted by atomic mass is 10.2. The summed E-state index contributed by atoms with van der Waals surface area (Å²) in [6.07, 6.45) is 2.36. The topological polar surface area (TPSA) is 113 Å². The van der Waals surface area contributed by atoms with Gasteiger partial charge in [-0.05, 0) is 38.0 Å². The predicted molar refractivity (Wildman–Crippen MR) is 98.8 cm³/mol. The van der Waals surface area contributed by atoms with Crippen molar-refractivity contribution in [2.75, 3.05) is 31.9 Å². The van der Waals surface area contributed by atoms with E-state index in [-0.39, 0.29) is 24.4 Å². The molecule has 1 aromatic carbocycles. The molecule has 1 saturated heterocycles. The van der Waals surface area contributed by atoms with Gasteiger partial charge in [-0.25, -0.2) is 25.9 Å². The van der Waals surface area contributed by atoms with Gasteiger partial charge in [0.15, 0.2) is 0 Å². The van der Waals surface area contributed by atoms with Gasteiger partial charge in [0.05, 0.1) is 5.75 Å². The summed E-state index contributed by atoms with van der Waals surface area (Å²) in [4.78, 5) is 11.7. The number of hydrogen-bond donors (Lipinski definition) is 2. The van der Waals surface area contributed by atoms with Gasteiger partial charge in [-0.1, -0.05) is 6.42 Å². The molecule has 11 heteroatoms. The average molecular weight is 422 g/mol. The highest BCUT2D eigenvalue weighted by molar-refractivity contribution is 7.89. The van der Waals surface area contributed by atoms with Crippen LogP contribution < -0.4 is 10.0 Å². The number of piperidine rings is 1. The Morgan fingerprint density at radius 2 is 1.78 bits per heavy atom. The van der Waals surface area contributed by atoms with Crippen LogP contribution in [-0.4, -0.2) is 59.0 Å². The van der Waals surface area contributed by atoms with E-state index >= 15 is 0 Å². The van der Waals surface area contributed by atoms with Crippen LogP contribution in [0.2, 0.25) is 0 Å². The average Bonchev–Trinajstić information content (AvgIpc) is 2.66. The molecule has 1 aromatic rings. The zero-order valence-electron chi connectivity index (χ0n) is 15.1. The van der Waals surface area contributed by atoms with Crippen LogP contribution in [0.4, 0.5) is 4.39 Å². The molecule has 0 atom stereocenters. The van der Waals surface area contributed by atoms with Gasteiger partial charge in [-0.15, -0.1) is 0 Å². The van der Waals surface area contributed by atoms with Crippen LogP contribution in [0.5, 0.6) is 0 Å². The molecule has 0 spiro atoms. The maximum atomic E-state index is 14.1. The van der Waals surface area contributed by atoms with Crippen LogP contribution in [0.3, 0.4) is 0 Å². The Morgan fingerprint density at radius 3 is 2.41 bits per heavy atom. The molecular formula is C16H24FN3O5S2. The van der Waals surface area contributed by atoms with Crippen molar-refractivity contribution in [3.05, 3.63) is 29.6 Å². The summed E-state index contributed by atoms with van der Waals surface area (Å²) in [7, 11) is -7.37. The molecule has 0 bridgehead atoms. The van der Waals surface area contributed by atoms with Crippen molar-refractivity contribution >= 4 is 26.0 Å². The largest absolute Gasteiger partial charge is 0.351 e. The Labute approximate surface area is 159 Å². The van der Waals surface area contributed by atoms with Crippen LogP contribution in [0.1, 0.15) is 36.5 Å². The highest BCUT2D eigenvalue weighted by Gasteiger charge is 2.29. The fourth-order valence-electron chi connectivity index (χ4n) is 2.67. The van der Waals surface area contributed by atoms with E-state index in [1.165, 1.54) is 17.3 Å². The van der Waals surface area contributed by atoms with E-state index in [1.807, 2.05) is 0 Å². The molecule has 0 aromatic heterocycles. The third-order valence-corrected chi connectivity index (χ3v) is 7.56. The number of nitrogens with one attached hydrogen (secondary N) is 2. The fourth-order valence-corrected chi connectivity index (χ4v) is 4.90. The second-order valence-corrected chi connectivity index (χ2v) is 10.2. The first-order valence-corrected chi connectivity index (χ1v) is 11.8. The third kappa shape index (κ3) is 5.71. The predicted octanol–water partition coefficient (Wildman–Crippen LogP) is 0.669. The number of sulfonamides is 2.